The van der Waals surface area contributed by atoms with Gasteiger partial charge in [-0.2, -0.15) is 0 Å². The third-order valence-corrected chi connectivity index (χ3v) is 3.15. The van der Waals surface area contributed by atoms with Crippen LogP contribution < -0.4 is 5.73 Å². The van der Waals surface area contributed by atoms with Crippen LogP contribution >= 0.6 is 0 Å². The van der Waals surface area contributed by atoms with Crippen molar-refractivity contribution in [2.45, 2.75) is 52.5 Å². The van der Waals surface area contributed by atoms with E-state index in [2.05, 4.69) is 20.8 Å². The molecule has 4 N–H and O–H groups in total. The van der Waals surface area contributed by atoms with Gasteiger partial charge in [-0.3, -0.25) is 0 Å². The Balaban J connectivity index is 0. The molecule has 1 atom stereocenters. The number of hydrogen-bond acceptors (Lipinski definition) is 2. The fraction of sp³-hybridized carbons (Fsp3) is 1.00. The van der Waals surface area contributed by atoms with Crippen LogP contribution in [0.3, 0.4) is 0 Å². The SMILES string of the molecule is CCOCC(CC)C(N)(CC)CC.O. The molecule has 0 aromatic rings. The molecule has 0 bridgehead atoms. The van der Waals surface area contributed by atoms with Crippen molar-refractivity contribution in [1.82, 2.24) is 0 Å². The zero-order chi connectivity index (χ0) is 10.3. The zero-order valence-corrected chi connectivity index (χ0v) is 10.1. The van der Waals surface area contributed by atoms with Gasteiger partial charge in [-0.15, -0.1) is 0 Å². The first-order chi connectivity index (χ1) is 6.14. The van der Waals surface area contributed by atoms with E-state index in [1.807, 2.05) is 6.92 Å². The Kier molecular flexibility index (Phi) is 9.57. The van der Waals surface area contributed by atoms with Crippen molar-refractivity contribution < 1.29 is 10.2 Å². The summed E-state index contributed by atoms with van der Waals surface area (Å²) in [4.78, 5) is 0. The molecular formula is C11H27NO2. The summed E-state index contributed by atoms with van der Waals surface area (Å²) < 4.78 is 5.46. The highest BCUT2D eigenvalue weighted by molar-refractivity contribution is 4.88. The first-order valence-electron chi connectivity index (χ1n) is 5.51. The lowest BCUT2D eigenvalue weighted by Gasteiger charge is -2.35. The Morgan fingerprint density at radius 3 is 1.93 bits per heavy atom. The fourth-order valence-electron chi connectivity index (χ4n) is 1.78. The molecule has 0 aromatic carbocycles. The molecule has 0 saturated carbocycles. The van der Waals surface area contributed by atoms with Crippen molar-refractivity contribution in [3.05, 3.63) is 0 Å². The maximum atomic E-state index is 6.31. The lowest BCUT2D eigenvalue weighted by molar-refractivity contribution is 0.0692. The summed E-state index contributed by atoms with van der Waals surface area (Å²) in [5, 5.41) is 0. The molecule has 0 fully saturated rings. The number of ether oxygens (including phenoxy) is 1. The van der Waals surface area contributed by atoms with Gasteiger partial charge in [-0.1, -0.05) is 20.8 Å². The minimum atomic E-state index is -0.0239. The third kappa shape index (κ3) is 4.40. The fourth-order valence-corrected chi connectivity index (χ4v) is 1.78. The van der Waals surface area contributed by atoms with Gasteiger partial charge in [0.05, 0.1) is 6.61 Å². The van der Waals surface area contributed by atoms with E-state index in [1.165, 1.54) is 0 Å². The summed E-state index contributed by atoms with van der Waals surface area (Å²) >= 11 is 0. The second kappa shape index (κ2) is 8.21. The lowest BCUT2D eigenvalue weighted by Crippen LogP contribution is -2.47. The van der Waals surface area contributed by atoms with E-state index in [1.54, 1.807) is 0 Å². The molecule has 14 heavy (non-hydrogen) atoms. The van der Waals surface area contributed by atoms with E-state index in [4.69, 9.17) is 10.5 Å². The van der Waals surface area contributed by atoms with E-state index < -0.39 is 0 Å². The summed E-state index contributed by atoms with van der Waals surface area (Å²) in [6.07, 6.45) is 3.18. The van der Waals surface area contributed by atoms with E-state index in [9.17, 15) is 0 Å². The molecule has 1 unspecified atom stereocenters. The first kappa shape index (κ1) is 16.3. The lowest BCUT2D eigenvalue weighted by atomic mass is 9.79. The molecule has 0 saturated heterocycles. The molecule has 0 aliphatic rings. The van der Waals surface area contributed by atoms with Crippen molar-refractivity contribution in [1.29, 1.82) is 0 Å². The van der Waals surface area contributed by atoms with E-state index in [-0.39, 0.29) is 11.0 Å². The standard InChI is InChI=1S/C11H25NO.H2O/c1-5-10(9-13-8-4)11(12,6-2)7-3;/h10H,5-9,12H2,1-4H3;1H2. The second-order valence-electron chi connectivity index (χ2n) is 3.70. The summed E-state index contributed by atoms with van der Waals surface area (Å²) in [6.45, 7) is 10.2. The van der Waals surface area contributed by atoms with Gasteiger partial charge in [-0.05, 0) is 32.1 Å². The van der Waals surface area contributed by atoms with Crippen LogP contribution in [-0.2, 0) is 4.74 Å². The predicted molar refractivity (Wildman–Crippen MR) is 61.4 cm³/mol. The topological polar surface area (TPSA) is 66.8 Å². The van der Waals surface area contributed by atoms with Crippen LogP contribution in [0.2, 0.25) is 0 Å². The highest BCUT2D eigenvalue weighted by Gasteiger charge is 2.29. The molecule has 0 heterocycles. The molecule has 0 radical (unpaired) electrons. The third-order valence-electron chi connectivity index (χ3n) is 3.15. The highest BCUT2D eigenvalue weighted by atomic mass is 16.5. The highest BCUT2D eigenvalue weighted by Crippen LogP contribution is 2.25. The number of nitrogens with two attached hydrogens (primary N) is 1. The monoisotopic (exact) mass is 205 g/mol. The maximum absolute atomic E-state index is 6.31. The van der Waals surface area contributed by atoms with Crippen molar-refractivity contribution >= 4 is 0 Å². The zero-order valence-electron chi connectivity index (χ0n) is 10.1. The molecule has 3 nitrogen and oxygen atoms in total. The van der Waals surface area contributed by atoms with Gasteiger partial charge in [0, 0.05) is 12.1 Å². The minimum Gasteiger partial charge on any atom is -0.412 e. The van der Waals surface area contributed by atoms with Crippen LogP contribution in [0.5, 0.6) is 0 Å². The molecule has 0 aliphatic carbocycles. The van der Waals surface area contributed by atoms with Gasteiger partial charge in [0.1, 0.15) is 0 Å². The molecule has 0 spiro atoms. The quantitative estimate of drug-likeness (QED) is 0.688. The van der Waals surface area contributed by atoms with Gasteiger partial charge in [0.2, 0.25) is 0 Å². The summed E-state index contributed by atoms with van der Waals surface area (Å²) in [6, 6.07) is 0. The first-order valence-corrected chi connectivity index (χ1v) is 5.51. The summed E-state index contributed by atoms with van der Waals surface area (Å²) in [5.74, 6) is 0.502. The van der Waals surface area contributed by atoms with Gasteiger partial charge in [0.25, 0.3) is 0 Å². The Hall–Kier alpha value is -0.120. The van der Waals surface area contributed by atoms with Gasteiger partial charge >= 0.3 is 0 Å². The van der Waals surface area contributed by atoms with Crippen LogP contribution in [0.25, 0.3) is 0 Å². The van der Waals surface area contributed by atoms with Crippen LogP contribution in [0, 0.1) is 5.92 Å². The van der Waals surface area contributed by atoms with Crippen LogP contribution in [0.4, 0.5) is 0 Å². The maximum Gasteiger partial charge on any atom is 0.0511 e. The Morgan fingerprint density at radius 1 is 1.14 bits per heavy atom. The smallest absolute Gasteiger partial charge is 0.0511 e. The Labute approximate surface area is 88.3 Å². The second-order valence-corrected chi connectivity index (χ2v) is 3.70. The number of hydrogen-bond donors (Lipinski definition) is 1. The van der Waals surface area contributed by atoms with E-state index in [0.29, 0.717) is 5.92 Å². The van der Waals surface area contributed by atoms with Crippen molar-refractivity contribution in [3.8, 4) is 0 Å². The largest absolute Gasteiger partial charge is 0.412 e. The molecule has 88 valence electrons. The van der Waals surface area contributed by atoms with Gasteiger partial charge < -0.3 is 15.9 Å². The average molecular weight is 205 g/mol. The van der Waals surface area contributed by atoms with Gasteiger partial charge in [0.15, 0.2) is 0 Å². The van der Waals surface area contributed by atoms with Crippen LogP contribution in [-0.4, -0.2) is 24.2 Å². The Morgan fingerprint density at radius 2 is 1.64 bits per heavy atom. The molecule has 0 aliphatic heterocycles. The van der Waals surface area contributed by atoms with Crippen molar-refractivity contribution in [2.75, 3.05) is 13.2 Å². The molecule has 0 aromatic heterocycles. The molecular weight excluding hydrogens is 178 g/mol. The van der Waals surface area contributed by atoms with E-state index in [0.717, 1.165) is 32.5 Å². The predicted octanol–water partition coefficient (Wildman–Crippen LogP) is 1.74. The molecule has 0 amide bonds. The van der Waals surface area contributed by atoms with E-state index >= 15 is 0 Å². The van der Waals surface area contributed by atoms with Gasteiger partial charge in [-0.25, -0.2) is 0 Å². The minimum absolute atomic E-state index is 0. The van der Waals surface area contributed by atoms with Crippen LogP contribution in [0.1, 0.15) is 47.0 Å². The Bertz CT molecular complexity index is 124. The summed E-state index contributed by atoms with van der Waals surface area (Å²) in [7, 11) is 0. The number of rotatable bonds is 7. The normalized spacial score (nSPS) is 13.5. The molecule has 0 rings (SSSR count). The summed E-state index contributed by atoms with van der Waals surface area (Å²) in [5.41, 5.74) is 6.29. The van der Waals surface area contributed by atoms with Crippen molar-refractivity contribution in [2.24, 2.45) is 11.7 Å². The van der Waals surface area contributed by atoms with Crippen LogP contribution in [0.15, 0.2) is 0 Å². The molecule has 3 heteroatoms. The average Bonchev–Trinajstić information content (AvgIpc) is 2.18. The van der Waals surface area contributed by atoms with Crippen molar-refractivity contribution in [3.63, 3.8) is 0 Å².